The molecular formula is C14H14N2O4. The lowest BCUT2D eigenvalue weighted by molar-refractivity contribution is -0.120. The molecular weight excluding hydrogens is 260 g/mol. The molecule has 0 radical (unpaired) electrons. The molecule has 1 aromatic rings. The van der Waals surface area contributed by atoms with Gasteiger partial charge in [0.15, 0.2) is 11.5 Å². The average Bonchev–Trinajstić information content (AvgIpc) is 3.07. The van der Waals surface area contributed by atoms with Crippen molar-refractivity contribution >= 4 is 11.7 Å². The lowest BCUT2D eigenvalue weighted by atomic mass is 9.80. The van der Waals surface area contributed by atoms with Crippen LogP contribution in [-0.4, -0.2) is 16.8 Å². The number of fused-ring (bicyclic) bond motifs is 1. The Labute approximate surface area is 115 Å². The molecule has 2 unspecified atom stereocenters. The van der Waals surface area contributed by atoms with Gasteiger partial charge in [0.25, 0.3) is 5.91 Å². The SMILES string of the molecule is O=C(N=NC1=C(O)C2CCCCC2C1=O)c1ccoc1. The summed E-state index contributed by atoms with van der Waals surface area (Å²) in [6.45, 7) is 0. The smallest absolute Gasteiger partial charge is 0.298 e. The second kappa shape index (κ2) is 5.03. The van der Waals surface area contributed by atoms with E-state index in [4.69, 9.17) is 4.42 Å². The van der Waals surface area contributed by atoms with Crippen molar-refractivity contribution in [2.45, 2.75) is 25.7 Å². The van der Waals surface area contributed by atoms with Gasteiger partial charge in [-0.2, -0.15) is 0 Å². The molecule has 2 aliphatic rings. The zero-order valence-corrected chi connectivity index (χ0v) is 10.8. The van der Waals surface area contributed by atoms with Crippen LogP contribution in [0.2, 0.25) is 0 Å². The Kier molecular flexibility index (Phi) is 3.22. The first-order valence-corrected chi connectivity index (χ1v) is 6.64. The Hall–Kier alpha value is -2.24. The summed E-state index contributed by atoms with van der Waals surface area (Å²) in [5, 5.41) is 17.2. The van der Waals surface area contributed by atoms with E-state index in [1.807, 2.05) is 0 Å². The predicted molar refractivity (Wildman–Crippen MR) is 68.0 cm³/mol. The van der Waals surface area contributed by atoms with Gasteiger partial charge >= 0.3 is 0 Å². The van der Waals surface area contributed by atoms with Crippen LogP contribution >= 0.6 is 0 Å². The van der Waals surface area contributed by atoms with Crippen molar-refractivity contribution in [1.29, 1.82) is 0 Å². The van der Waals surface area contributed by atoms with E-state index in [-0.39, 0.29) is 34.6 Å². The molecule has 0 aliphatic heterocycles. The van der Waals surface area contributed by atoms with Gasteiger partial charge < -0.3 is 9.52 Å². The third-order valence-electron chi connectivity index (χ3n) is 3.94. The number of nitrogens with zero attached hydrogens (tertiary/aromatic N) is 2. The Morgan fingerprint density at radius 1 is 1.30 bits per heavy atom. The predicted octanol–water partition coefficient (Wildman–Crippen LogP) is 3.03. The topological polar surface area (TPSA) is 92.2 Å². The number of aliphatic hydroxyl groups excluding tert-OH is 1. The van der Waals surface area contributed by atoms with Gasteiger partial charge in [-0.1, -0.05) is 12.8 Å². The highest BCUT2D eigenvalue weighted by atomic mass is 16.3. The number of hydrogen-bond acceptors (Lipinski definition) is 5. The minimum absolute atomic E-state index is 0.0107. The first-order valence-electron chi connectivity index (χ1n) is 6.64. The standard InChI is InChI=1S/C14H14N2O4/c17-12-9-3-1-2-4-10(9)13(18)11(12)15-16-14(19)8-5-6-20-7-8/h5-7,9-10,17H,1-4H2. The van der Waals surface area contributed by atoms with E-state index in [1.54, 1.807) is 0 Å². The molecule has 0 bridgehead atoms. The molecule has 1 fully saturated rings. The summed E-state index contributed by atoms with van der Waals surface area (Å²) < 4.78 is 4.78. The number of ketones is 1. The van der Waals surface area contributed by atoms with Crippen molar-refractivity contribution in [2.75, 3.05) is 0 Å². The second-order valence-corrected chi connectivity index (χ2v) is 5.11. The number of rotatable bonds is 2. The quantitative estimate of drug-likeness (QED) is 0.839. The van der Waals surface area contributed by atoms with Crippen molar-refractivity contribution in [3.63, 3.8) is 0 Å². The van der Waals surface area contributed by atoms with E-state index in [0.29, 0.717) is 0 Å². The highest BCUT2D eigenvalue weighted by Crippen LogP contribution is 2.42. The van der Waals surface area contributed by atoms with Crippen LogP contribution in [-0.2, 0) is 4.79 Å². The minimum atomic E-state index is -0.596. The molecule has 6 heteroatoms. The van der Waals surface area contributed by atoms with E-state index in [9.17, 15) is 14.7 Å². The van der Waals surface area contributed by atoms with Crippen LogP contribution < -0.4 is 0 Å². The second-order valence-electron chi connectivity index (χ2n) is 5.11. The molecule has 2 atom stereocenters. The van der Waals surface area contributed by atoms with Crippen molar-refractivity contribution in [3.8, 4) is 0 Å². The van der Waals surface area contributed by atoms with Crippen LogP contribution in [0.5, 0.6) is 0 Å². The third-order valence-corrected chi connectivity index (χ3v) is 3.94. The van der Waals surface area contributed by atoms with Crippen LogP contribution in [0.1, 0.15) is 36.0 Å². The van der Waals surface area contributed by atoms with Gasteiger partial charge in [-0.15, -0.1) is 10.2 Å². The summed E-state index contributed by atoms with van der Waals surface area (Å²) in [7, 11) is 0. The van der Waals surface area contributed by atoms with Gasteiger partial charge in [-0.25, -0.2) is 0 Å². The monoisotopic (exact) mass is 274 g/mol. The number of Topliss-reactive ketones (excluding diaryl/α,β-unsaturated/α-hetero) is 1. The van der Waals surface area contributed by atoms with Crippen molar-refractivity contribution < 1.29 is 19.1 Å². The highest BCUT2D eigenvalue weighted by Gasteiger charge is 2.43. The Morgan fingerprint density at radius 2 is 2.05 bits per heavy atom. The molecule has 1 aromatic heterocycles. The molecule has 104 valence electrons. The van der Waals surface area contributed by atoms with Crippen LogP contribution in [0.4, 0.5) is 0 Å². The number of furan rings is 1. The van der Waals surface area contributed by atoms with Crippen LogP contribution in [0, 0.1) is 11.8 Å². The van der Waals surface area contributed by atoms with Crippen molar-refractivity contribution in [2.24, 2.45) is 22.1 Å². The van der Waals surface area contributed by atoms with E-state index in [2.05, 4.69) is 10.2 Å². The summed E-state index contributed by atoms with van der Waals surface area (Å²) >= 11 is 0. The zero-order valence-electron chi connectivity index (χ0n) is 10.8. The van der Waals surface area contributed by atoms with E-state index in [0.717, 1.165) is 25.7 Å². The number of carbonyl (C=O) groups excluding carboxylic acids is 2. The summed E-state index contributed by atoms with van der Waals surface area (Å²) in [5.41, 5.74) is 0.204. The molecule has 1 amide bonds. The van der Waals surface area contributed by atoms with Gasteiger partial charge in [0.1, 0.15) is 12.0 Å². The minimum Gasteiger partial charge on any atom is -0.510 e. The normalized spacial score (nSPS) is 26.3. The maximum absolute atomic E-state index is 12.1. The third kappa shape index (κ3) is 2.07. The molecule has 1 saturated carbocycles. The first-order chi connectivity index (χ1) is 9.68. The van der Waals surface area contributed by atoms with Crippen LogP contribution in [0.15, 0.2) is 44.7 Å². The summed E-state index contributed by atoms with van der Waals surface area (Å²) in [6.07, 6.45) is 6.15. The maximum Gasteiger partial charge on any atom is 0.298 e. The molecule has 1 heterocycles. The number of amides is 1. The number of aliphatic hydroxyl groups is 1. The average molecular weight is 274 g/mol. The van der Waals surface area contributed by atoms with Gasteiger partial charge in [-0.05, 0) is 18.9 Å². The number of azo groups is 1. The van der Waals surface area contributed by atoms with E-state index in [1.165, 1.54) is 18.6 Å². The fraction of sp³-hybridized carbons (Fsp3) is 0.429. The molecule has 0 saturated heterocycles. The lowest BCUT2D eigenvalue weighted by Gasteiger charge is -2.23. The lowest BCUT2D eigenvalue weighted by Crippen LogP contribution is -2.21. The largest absolute Gasteiger partial charge is 0.510 e. The van der Waals surface area contributed by atoms with Gasteiger partial charge in [0, 0.05) is 11.8 Å². The molecule has 2 aliphatic carbocycles. The Balaban J connectivity index is 1.81. The zero-order chi connectivity index (χ0) is 14.1. The number of carbonyl (C=O) groups is 2. The van der Waals surface area contributed by atoms with E-state index < -0.39 is 5.91 Å². The van der Waals surface area contributed by atoms with Gasteiger partial charge in [0.05, 0.1) is 11.8 Å². The number of hydrogen-bond donors (Lipinski definition) is 1. The number of allylic oxidation sites excluding steroid dienone is 2. The van der Waals surface area contributed by atoms with Crippen LogP contribution in [0.25, 0.3) is 0 Å². The fourth-order valence-corrected chi connectivity index (χ4v) is 2.89. The molecule has 6 nitrogen and oxygen atoms in total. The van der Waals surface area contributed by atoms with Gasteiger partial charge in [0.2, 0.25) is 0 Å². The van der Waals surface area contributed by atoms with Crippen LogP contribution in [0.3, 0.4) is 0 Å². The van der Waals surface area contributed by atoms with Gasteiger partial charge in [-0.3, -0.25) is 9.59 Å². The van der Waals surface area contributed by atoms with Crippen molar-refractivity contribution in [1.82, 2.24) is 0 Å². The first kappa shape index (κ1) is 12.8. The summed E-state index contributed by atoms with van der Waals surface area (Å²) in [4.78, 5) is 23.8. The fourth-order valence-electron chi connectivity index (χ4n) is 2.89. The molecule has 0 spiro atoms. The Bertz CT molecular complexity index is 601. The van der Waals surface area contributed by atoms with E-state index >= 15 is 0 Å². The highest BCUT2D eigenvalue weighted by molar-refractivity contribution is 6.01. The molecule has 20 heavy (non-hydrogen) atoms. The summed E-state index contributed by atoms with van der Waals surface area (Å²) in [5.74, 6) is -1.14. The molecule has 1 N–H and O–H groups in total. The maximum atomic E-state index is 12.1. The Morgan fingerprint density at radius 3 is 2.70 bits per heavy atom. The van der Waals surface area contributed by atoms with Crippen molar-refractivity contribution in [3.05, 3.63) is 35.6 Å². The molecule has 0 aromatic carbocycles. The molecule has 3 rings (SSSR count). The summed E-state index contributed by atoms with van der Waals surface area (Å²) in [6, 6.07) is 1.46.